The molecule has 0 heterocycles. The summed E-state index contributed by atoms with van der Waals surface area (Å²) in [5.74, 6) is -0.725. The third kappa shape index (κ3) is 2.42. The molecular formula is C16H27O3-. The third-order valence-corrected chi connectivity index (χ3v) is 6.13. The minimum absolute atomic E-state index is 0.0178. The zero-order valence-corrected chi connectivity index (χ0v) is 12.7. The average Bonchev–Trinajstić information content (AvgIpc) is 2.22. The summed E-state index contributed by atoms with van der Waals surface area (Å²) in [5, 5.41) is 21.8. The summed E-state index contributed by atoms with van der Waals surface area (Å²) >= 11 is 0. The van der Waals surface area contributed by atoms with E-state index in [0.717, 1.165) is 19.3 Å². The Morgan fingerprint density at radius 2 is 1.84 bits per heavy atom. The lowest BCUT2D eigenvalue weighted by Gasteiger charge is -2.61. The molecule has 0 aliphatic heterocycles. The van der Waals surface area contributed by atoms with Gasteiger partial charge in [0, 0.05) is 5.97 Å². The minimum Gasteiger partial charge on any atom is -0.550 e. The first kappa shape index (κ1) is 14.8. The minimum atomic E-state index is -1.03. The Balaban J connectivity index is 2.38. The van der Waals surface area contributed by atoms with Crippen LogP contribution in [0.5, 0.6) is 0 Å². The van der Waals surface area contributed by atoms with E-state index in [-0.39, 0.29) is 23.2 Å². The molecule has 2 aliphatic rings. The van der Waals surface area contributed by atoms with Crippen LogP contribution in [0.4, 0.5) is 0 Å². The van der Waals surface area contributed by atoms with E-state index < -0.39 is 11.6 Å². The maximum absolute atomic E-state index is 11.1. The van der Waals surface area contributed by atoms with Crippen LogP contribution in [0.15, 0.2) is 0 Å². The zero-order valence-electron chi connectivity index (χ0n) is 12.7. The third-order valence-electron chi connectivity index (χ3n) is 6.13. The number of fused-ring (bicyclic) bond motifs is 1. The summed E-state index contributed by atoms with van der Waals surface area (Å²) in [6, 6.07) is 0. The Hall–Kier alpha value is -0.570. The fourth-order valence-corrected chi connectivity index (χ4v) is 5.24. The molecule has 0 saturated heterocycles. The van der Waals surface area contributed by atoms with Crippen molar-refractivity contribution in [2.75, 3.05) is 0 Å². The van der Waals surface area contributed by atoms with Crippen LogP contribution in [-0.4, -0.2) is 16.7 Å². The second-order valence-corrected chi connectivity index (χ2v) is 7.93. The Morgan fingerprint density at radius 3 is 2.42 bits per heavy atom. The molecule has 0 amide bonds. The summed E-state index contributed by atoms with van der Waals surface area (Å²) in [6.45, 7) is 8.60. The maximum Gasteiger partial charge on any atom is 0.0656 e. The molecule has 19 heavy (non-hydrogen) atoms. The van der Waals surface area contributed by atoms with Crippen molar-refractivity contribution in [1.82, 2.24) is 0 Å². The van der Waals surface area contributed by atoms with Gasteiger partial charge in [-0.25, -0.2) is 0 Å². The van der Waals surface area contributed by atoms with Crippen molar-refractivity contribution in [2.24, 2.45) is 22.7 Å². The van der Waals surface area contributed by atoms with Crippen LogP contribution >= 0.6 is 0 Å². The molecule has 4 atom stereocenters. The van der Waals surface area contributed by atoms with Crippen molar-refractivity contribution in [1.29, 1.82) is 0 Å². The molecule has 1 N–H and O–H groups in total. The molecule has 2 aliphatic carbocycles. The lowest BCUT2D eigenvalue weighted by Crippen LogP contribution is -2.58. The number of aliphatic hydroxyl groups is 1. The predicted octanol–water partition coefficient (Wildman–Crippen LogP) is 2.12. The van der Waals surface area contributed by atoms with Gasteiger partial charge in [0.15, 0.2) is 0 Å². The molecule has 0 aromatic heterocycles. The first-order valence-corrected chi connectivity index (χ1v) is 7.52. The second kappa shape index (κ2) is 4.47. The fraction of sp³-hybridized carbons (Fsp3) is 0.938. The van der Waals surface area contributed by atoms with Gasteiger partial charge in [-0.3, -0.25) is 0 Å². The Bertz CT molecular complexity index is 372. The van der Waals surface area contributed by atoms with E-state index in [1.807, 2.05) is 6.92 Å². The standard InChI is InChI=1S/C16H28O3/c1-14(2)7-5-8-15(3)11(14)6-9-16(4,19)12(15)10-13(17)18/h11-12,19H,5-10H2,1-4H3,(H,17,18)/p-1/t11-,12-,15-,16-/m0/s1. The lowest BCUT2D eigenvalue weighted by atomic mass is 9.45. The smallest absolute Gasteiger partial charge is 0.0656 e. The van der Waals surface area contributed by atoms with Gasteiger partial charge in [0.2, 0.25) is 0 Å². The van der Waals surface area contributed by atoms with E-state index in [0.29, 0.717) is 12.3 Å². The molecule has 0 bridgehead atoms. The summed E-state index contributed by atoms with van der Waals surface area (Å²) in [5.41, 5.74) is -0.712. The van der Waals surface area contributed by atoms with E-state index in [2.05, 4.69) is 20.8 Å². The van der Waals surface area contributed by atoms with Crippen molar-refractivity contribution >= 4 is 5.97 Å². The molecule has 2 fully saturated rings. The van der Waals surface area contributed by atoms with E-state index in [9.17, 15) is 15.0 Å². The first-order valence-electron chi connectivity index (χ1n) is 7.52. The molecule has 3 heteroatoms. The zero-order chi connectivity index (χ0) is 14.5. The highest BCUT2D eigenvalue weighted by atomic mass is 16.4. The van der Waals surface area contributed by atoms with Gasteiger partial charge >= 0.3 is 0 Å². The molecule has 0 radical (unpaired) electrons. The molecule has 0 aromatic carbocycles. The Labute approximate surface area is 116 Å². The Morgan fingerprint density at radius 1 is 1.21 bits per heavy atom. The molecule has 0 unspecified atom stereocenters. The van der Waals surface area contributed by atoms with Crippen molar-refractivity contribution in [3.63, 3.8) is 0 Å². The molecule has 0 spiro atoms. The van der Waals surface area contributed by atoms with E-state index in [1.54, 1.807) is 0 Å². The van der Waals surface area contributed by atoms with Gasteiger partial charge in [-0.15, -0.1) is 0 Å². The molecule has 110 valence electrons. The fourth-order valence-electron chi connectivity index (χ4n) is 5.24. The number of carbonyl (C=O) groups excluding carboxylic acids is 1. The largest absolute Gasteiger partial charge is 0.550 e. The average molecular weight is 267 g/mol. The number of hydrogen-bond donors (Lipinski definition) is 1. The van der Waals surface area contributed by atoms with E-state index in [4.69, 9.17) is 0 Å². The lowest BCUT2D eigenvalue weighted by molar-refractivity contribution is -0.311. The highest BCUT2D eigenvalue weighted by molar-refractivity contribution is 5.65. The number of rotatable bonds is 2. The van der Waals surface area contributed by atoms with Crippen LogP contribution < -0.4 is 5.11 Å². The van der Waals surface area contributed by atoms with Gasteiger partial charge in [-0.1, -0.05) is 27.2 Å². The van der Waals surface area contributed by atoms with Crippen LogP contribution in [0.2, 0.25) is 0 Å². The highest BCUT2D eigenvalue weighted by Crippen LogP contribution is 2.62. The van der Waals surface area contributed by atoms with Gasteiger partial charge in [-0.2, -0.15) is 0 Å². The molecule has 3 nitrogen and oxygen atoms in total. The molecule has 2 saturated carbocycles. The summed E-state index contributed by atoms with van der Waals surface area (Å²) in [6.07, 6.45) is 5.03. The van der Waals surface area contributed by atoms with Crippen LogP contribution in [0.25, 0.3) is 0 Å². The number of hydrogen-bond acceptors (Lipinski definition) is 3. The highest BCUT2D eigenvalue weighted by Gasteiger charge is 2.57. The topological polar surface area (TPSA) is 60.4 Å². The Kier molecular flexibility index (Phi) is 3.49. The second-order valence-electron chi connectivity index (χ2n) is 7.93. The maximum atomic E-state index is 11.1. The van der Waals surface area contributed by atoms with Crippen molar-refractivity contribution < 1.29 is 15.0 Å². The van der Waals surface area contributed by atoms with Crippen molar-refractivity contribution in [3.05, 3.63) is 0 Å². The predicted molar refractivity (Wildman–Crippen MR) is 72.2 cm³/mol. The quantitative estimate of drug-likeness (QED) is 0.833. The van der Waals surface area contributed by atoms with E-state index >= 15 is 0 Å². The number of aliphatic carboxylic acids is 1. The summed E-state index contributed by atoms with van der Waals surface area (Å²) < 4.78 is 0. The molecule has 0 aromatic rings. The summed E-state index contributed by atoms with van der Waals surface area (Å²) in [7, 11) is 0. The first-order chi connectivity index (χ1) is 8.59. The van der Waals surface area contributed by atoms with Crippen LogP contribution in [-0.2, 0) is 4.79 Å². The monoisotopic (exact) mass is 267 g/mol. The summed E-state index contributed by atoms with van der Waals surface area (Å²) in [4.78, 5) is 11.1. The number of carbonyl (C=O) groups is 1. The van der Waals surface area contributed by atoms with Crippen LogP contribution in [0, 0.1) is 22.7 Å². The van der Waals surface area contributed by atoms with Crippen LogP contribution in [0.3, 0.4) is 0 Å². The van der Waals surface area contributed by atoms with Gasteiger partial charge in [0.05, 0.1) is 5.60 Å². The molecule has 2 rings (SSSR count). The normalized spacial score (nSPS) is 45.5. The van der Waals surface area contributed by atoms with E-state index in [1.165, 1.54) is 6.42 Å². The SMILES string of the molecule is CC1(C)CCC[C@@]2(C)[C@H]1CC[C@](C)(O)[C@H]2CC(=O)[O-]. The van der Waals surface area contributed by atoms with Gasteiger partial charge in [-0.05, 0) is 61.7 Å². The molecular weight excluding hydrogens is 240 g/mol. The van der Waals surface area contributed by atoms with Gasteiger partial charge in [0.25, 0.3) is 0 Å². The number of carboxylic acids is 1. The van der Waals surface area contributed by atoms with Gasteiger partial charge in [0.1, 0.15) is 0 Å². The van der Waals surface area contributed by atoms with Crippen molar-refractivity contribution in [2.45, 2.75) is 71.8 Å². The number of carboxylic acid groups (broad SMARTS) is 1. The van der Waals surface area contributed by atoms with Crippen LogP contribution in [0.1, 0.15) is 66.2 Å². The van der Waals surface area contributed by atoms with Crippen molar-refractivity contribution in [3.8, 4) is 0 Å². The van der Waals surface area contributed by atoms with Gasteiger partial charge < -0.3 is 15.0 Å².